The van der Waals surface area contributed by atoms with Gasteiger partial charge in [0.2, 0.25) is 0 Å². The summed E-state index contributed by atoms with van der Waals surface area (Å²) in [4.78, 5) is 17.8. The molecule has 0 bridgehead atoms. The third kappa shape index (κ3) is 6.50. The van der Waals surface area contributed by atoms with Crippen molar-refractivity contribution in [3.8, 4) is 11.3 Å². The van der Waals surface area contributed by atoms with Gasteiger partial charge < -0.3 is 15.4 Å². The molecule has 7 nitrogen and oxygen atoms in total. The van der Waals surface area contributed by atoms with Crippen LogP contribution in [0, 0.1) is 5.92 Å². The topological polar surface area (TPSA) is 94.2 Å². The molecule has 0 unspecified atom stereocenters. The number of nitrogens with zero attached hydrogens (tertiary/aromatic N) is 4. The monoisotopic (exact) mass is 357 g/mol. The van der Waals surface area contributed by atoms with E-state index in [1.54, 1.807) is 18.6 Å². The van der Waals surface area contributed by atoms with Gasteiger partial charge in [0.05, 0.1) is 31.1 Å². The Morgan fingerprint density at radius 3 is 2.62 bits per heavy atom. The number of nitrogens with two attached hydrogens (primary N) is 1. The third-order valence-corrected chi connectivity index (χ3v) is 4.35. The standard InChI is InChI=1S/C10H20N2O2.C9H7N3/c1-14-10(13)9-3-7-12(8-4-9)6-2-5-11;1-2-5-10-9(3-1)8-4-6-11-12-7-8/h9H,2-8,11H2,1H3;1-7H. The van der Waals surface area contributed by atoms with Crippen molar-refractivity contribution in [1.29, 1.82) is 0 Å². The minimum absolute atomic E-state index is 0.0523. The fourth-order valence-corrected chi connectivity index (χ4v) is 2.85. The van der Waals surface area contributed by atoms with Crippen molar-refractivity contribution in [3.05, 3.63) is 42.9 Å². The first-order valence-corrected chi connectivity index (χ1v) is 8.93. The second kappa shape index (κ2) is 11.3. The number of methoxy groups -OCH3 is 1. The molecule has 3 heterocycles. The Labute approximate surface area is 154 Å². The molecule has 1 fully saturated rings. The van der Waals surface area contributed by atoms with Crippen molar-refractivity contribution >= 4 is 5.97 Å². The Hall–Kier alpha value is -2.38. The molecule has 0 aliphatic carbocycles. The molecule has 0 saturated carbocycles. The van der Waals surface area contributed by atoms with Crippen LogP contribution in [0.25, 0.3) is 11.3 Å². The van der Waals surface area contributed by atoms with Crippen LogP contribution in [0.15, 0.2) is 42.9 Å². The van der Waals surface area contributed by atoms with E-state index in [2.05, 4.69) is 20.1 Å². The predicted molar refractivity (Wildman–Crippen MR) is 100 cm³/mol. The summed E-state index contributed by atoms with van der Waals surface area (Å²) in [7, 11) is 1.46. The van der Waals surface area contributed by atoms with E-state index in [4.69, 9.17) is 10.5 Å². The zero-order valence-corrected chi connectivity index (χ0v) is 15.3. The lowest BCUT2D eigenvalue weighted by atomic mass is 9.97. The Kier molecular flexibility index (Phi) is 8.65. The molecule has 0 amide bonds. The van der Waals surface area contributed by atoms with Gasteiger partial charge in [0, 0.05) is 11.8 Å². The fourth-order valence-electron chi connectivity index (χ4n) is 2.85. The largest absolute Gasteiger partial charge is 0.469 e. The number of esters is 1. The van der Waals surface area contributed by atoms with E-state index < -0.39 is 0 Å². The molecule has 1 saturated heterocycles. The maximum atomic E-state index is 11.2. The highest BCUT2D eigenvalue weighted by Gasteiger charge is 2.24. The van der Waals surface area contributed by atoms with Crippen molar-refractivity contribution in [2.75, 3.05) is 33.3 Å². The van der Waals surface area contributed by atoms with E-state index >= 15 is 0 Å². The normalized spacial score (nSPS) is 15.0. The summed E-state index contributed by atoms with van der Waals surface area (Å²) in [6.45, 7) is 3.81. The second-order valence-electron chi connectivity index (χ2n) is 6.13. The number of ether oxygens (including phenoxy) is 1. The van der Waals surface area contributed by atoms with E-state index in [1.165, 1.54) is 7.11 Å². The van der Waals surface area contributed by atoms with E-state index in [1.807, 2.05) is 24.3 Å². The number of carbonyl (C=O) groups is 1. The van der Waals surface area contributed by atoms with E-state index in [0.29, 0.717) is 0 Å². The minimum atomic E-state index is -0.0523. The van der Waals surface area contributed by atoms with Crippen LogP contribution >= 0.6 is 0 Å². The zero-order valence-electron chi connectivity index (χ0n) is 15.3. The summed E-state index contributed by atoms with van der Waals surface area (Å²) in [5.41, 5.74) is 7.36. The maximum absolute atomic E-state index is 11.2. The van der Waals surface area contributed by atoms with Crippen molar-refractivity contribution < 1.29 is 9.53 Å². The van der Waals surface area contributed by atoms with Gasteiger partial charge in [-0.05, 0) is 63.6 Å². The molecule has 0 radical (unpaired) electrons. The van der Waals surface area contributed by atoms with Gasteiger partial charge in [-0.15, -0.1) is 0 Å². The number of aromatic nitrogens is 3. The summed E-state index contributed by atoms with van der Waals surface area (Å²) in [5.74, 6) is 0.0672. The van der Waals surface area contributed by atoms with Crippen LogP contribution in [-0.2, 0) is 9.53 Å². The van der Waals surface area contributed by atoms with Crippen LogP contribution in [0.1, 0.15) is 19.3 Å². The summed E-state index contributed by atoms with van der Waals surface area (Å²) in [6, 6.07) is 7.66. The van der Waals surface area contributed by atoms with Crippen molar-refractivity contribution in [1.82, 2.24) is 20.1 Å². The lowest BCUT2D eigenvalue weighted by Crippen LogP contribution is -2.37. The molecule has 0 spiro atoms. The average molecular weight is 357 g/mol. The Balaban J connectivity index is 0.000000189. The third-order valence-electron chi connectivity index (χ3n) is 4.35. The fraction of sp³-hybridized carbons (Fsp3) is 0.474. The van der Waals surface area contributed by atoms with E-state index in [9.17, 15) is 4.79 Å². The number of likely N-dealkylation sites (tertiary alicyclic amines) is 1. The van der Waals surface area contributed by atoms with E-state index in [-0.39, 0.29) is 11.9 Å². The molecular weight excluding hydrogens is 330 g/mol. The zero-order chi connectivity index (χ0) is 18.6. The smallest absolute Gasteiger partial charge is 0.308 e. The molecule has 2 N–H and O–H groups in total. The van der Waals surface area contributed by atoms with E-state index in [0.717, 1.165) is 56.7 Å². The number of hydrogen-bond acceptors (Lipinski definition) is 7. The Morgan fingerprint density at radius 2 is 2.04 bits per heavy atom. The van der Waals surface area contributed by atoms with Crippen LogP contribution in [0.3, 0.4) is 0 Å². The molecule has 140 valence electrons. The molecule has 0 atom stereocenters. The number of rotatable bonds is 5. The predicted octanol–water partition coefficient (Wildman–Crippen LogP) is 1.76. The van der Waals surface area contributed by atoms with Gasteiger partial charge >= 0.3 is 5.97 Å². The number of pyridine rings is 1. The van der Waals surface area contributed by atoms with Gasteiger partial charge in [-0.2, -0.15) is 10.2 Å². The Morgan fingerprint density at radius 1 is 1.23 bits per heavy atom. The van der Waals surface area contributed by atoms with Gasteiger partial charge in [0.15, 0.2) is 0 Å². The SMILES string of the molecule is COC(=O)C1CCN(CCCN)CC1.c1ccc(-c2ccnnc2)nc1. The highest BCUT2D eigenvalue weighted by atomic mass is 16.5. The minimum Gasteiger partial charge on any atom is -0.469 e. The van der Waals surface area contributed by atoms with Gasteiger partial charge in [-0.3, -0.25) is 9.78 Å². The molecule has 7 heteroatoms. The average Bonchev–Trinajstić information content (AvgIpc) is 2.74. The number of piperidine rings is 1. The second-order valence-corrected chi connectivity index (χ2v) is 6.13. The first-order valence-electron chi connectivity index (χ1n) is 8.93. The van der Waals surface area contributed by atoms with Crippen molar-refractivity contribution in [2.24, 2.45) is 11.7 Å². The molecule has 2 aromatic rings. The highest BCUT2D eigenvalue weighted by Crippen LogP contribution is 2.18. The van der Waals surface area contributed by atoms with Crippen LogP contribution < -0.4 is 5.73 Å². The first-order chi connectivity index (χ1) is 12.7. The summed E-state index contributed by atoms with van der Waals surface area (Å²) in [6.07, 6.45) is 8.01. The van der Waals surface area contributed by atoms with Crippen LogP contribution in [0.5, 0.6) is 0 Å². The van der Waals surface area contributed by atoms with Crippen LogP contribution in [0.4, 0.5) is 0 Å². The molecule has 3 rings (SSSR count). The van der Waals surface area contributed by atoms with Crippen LogP contribution in [-0.4, -0.2) is 59.3 Å². The highest BCUT2D eigenvalue weighted by molar-refractivity contribution is 5.72. The summed E-state index contributed by atoms with van der Waals surface area (Å²) < 4.78 is 4.73. The molecular formula is C19H27N5O2. The van der Waals surface area contributed by atoms with Crippen LogP contribution in [0.2, 0.25) is 0 Å². The van der Waals surface area contributed by atoms with Gasteiger partial charge in [-0.25, -0.2) is 0 Å². The first kappa shape index (κ1) is 19.9. The lowest BCUT2D eigenvalue weighted by Gasteiger charge is -2.30. The molecule has 26 heavy (non-hydrogen) atoms. The lowest BCUT2D eigenvalue weighted by molar-refractivity contribution is -0.147. The van der Waals surface area contributed by atoms with Crippen molar-refractivity contribution in [3.63, 3.8) is 0 Å². The summed E-state index contributed by atoms with van der Waals surface area (Å²) in [5, 5.41) is 7.46. The van der Waals surface area contributed by atoms with Crippen molar-refractivity contribution in [2.45, 2.75) is 19.3 Å². The number of carbonyl (C=O) groups excluding carboxylic acids is 1. The quantitative estimate of drug-likeness (QED) is 0.815. The molecule has 1 aliphatic rings. The molecule has 0 aromatic carbocycles. The summed E-state index contributed by atoms with van der Waals surface area (Å²) >= 11 is 0. The Bertz CT molecular complexity index is 593. The van der Waals surface area contributed by atoms with Gasteiger partial charge in [0.25, 0.3) is 0 Å². The molecule has 1 aliphatic heterocycles. The van der Waals surface area contributed by atoms with Gasteiger partial charge in [0.1, 0.15) is 0 Å². The molecule has 2 aromatic heterocycles. The maximum Gasteiger partial charge on any atom is 0.308 e. The number of hydrogen-bond donors (Lipinski definition) is 1. The van der Waals surface area contributed by atoms with Gasteiger partial charge in [-0.1, -0.05) is 6.07 Å².